The number of nitrogens with zero attached hydrogens (tertiary/aromatic N) is 4. The molecule has 2 heterocycles. The number of anilines is 1. The first-order chi connectivity index (χ1) is 17.0. The van der Waals surface area contributed by atoms with Crippen LogP contribution in [0.3, 0.4) is 0 Å². The fraction of sp³-hybridized carbons (Fsp3) is 0.650. The van der Waals surface area contributed by atoms with Crippen molar-refractivity contribution in [1.29, 1.82) is 0 Å². The summed E-state index contributed by atoms with van der Waals surface area (Å²) in [4.78, 5) is 35.7. The van der Waals surface area contributed by atoms with Gasteiger partial charge >= 0.3 is 19.9 Å². The molecule has 2 aromatic rings. The zero-order chi connectivity index (χ0) is 26.7. The lowest BCUT2D eigenvalue weighted by molar-refractivity contribution is -0.0369. The molecule has 1 N–H and O–H groups in total. The van der Waals surface area contributed by atoms with Crippen molar-refractivity contribution in [2.75, 3.05) is 32.3 Å². The molecule has 0 aliphatic rings. The van der Waals surface area contributed by atoms with Crippen molar-refractivity contribution in [3.63, 3.8) is 0 Å². The van der Waals surface area contributed by atoms with E-state index in [1.54, 1.807) is 52.6 Å². The predicted molar refractivity (Wildman–Crippen MR) is 125 cm³/mol. The maximum absolute atomic E-state index is 13.1. The molecule has 0 radical (unpaired) electrons. The van der Waals surface area contributed by atoms with Crippen LogP contribution < -0.4 is 5.32 Å². The van der Waals surface area contributed by atoms with Crippen molar-refractivity contribution in [3.05, 3.63) is 12.7 Å². The molecule has 0 saturated heterocycles. The van der Waals surface area contributed by atoms with Gasteiger partial charge in [-0.3, -0.25) is 13.6 Å². The molecule has 0 unspecified atom stereocenters. The molecule has 202 valence electrons. The fourth-order valence-electron chi connectivity index (χ4n) is 2.62. The molecule has 0 aliphatic heterocycles. The van der Waals surface area contributed by atoms with Gasteiger partial charge in [0.25, 0.3) is 0 Å². The summed E-state index contributed by atoms with van der Waals surface area (Å²) in [7, 11) is -2.33. The van der Waals surface area contributed by atoms with Crippen LogP contribution in [0.1, 0.15) is 34.6 Å². The number of nitrogens with one attached hydrogen (secondary N) is 1. The zero-order valence-electron chi connectivity index (χ0n) is 21.0. The van der Waals surface area contributed by atoms with E-state index >= 15 is 0 Å². The van der Waals surface area contributed by atoms with Crippen LogP contribution in [0.15, 0.2) is 12.7 Å². The standard InChI is InChI=1S/C20H32N5O10P/c1-13(2)34-19(26)29-10-32-36(28,33-11-30-20(27)35-14(3)4)12-31-15(5)7-25-9-24-16-17(21-6)22-8-23-18(16)25/h8-9,13-15H,7,10-12H2,1-6H3,(H,21,22,23)/t15-/m1/s1. The Morgan fingerprint density at radius 1 is 0.972 bits per heavy atom. The molecule has 2 aromatic heterocycles. The number of imidazole rings is 1. The van der Waals surface area contributed by atoms with Crippen LogP contribution in [0.5, 0.6) is 0 Å². The Labute approximate surface area is 208 Å². The minimum atomic E-state index is -4.05. The van der Waals surface area contributed by atoms with Crippen molar-refractivity contribution in [2.45, 2.75) is 59.5 Å². The number of fused-ring (bicyclic) bond motifs is 1. The minimum absolute atomic E-state index is 0.297. The number of hydrogen-bond donors (Lipinski definition) is 1. The molecule has 0 bridgehead atoms. The zero-order valence-corrected chi connectivity index (χ0v) is 21.9. The Bertz CT molecular complexity index is 1020. The molecular weight excluding hydrogens is 501 g/mol. The van der Waals surface area contributed by atoms with Gasteiger partial charge in [-0.2, -0.15) is 0 Å². The highest BCUT2D eigenvalue weighted by molar-refractivity contribution is 7.53. The Hall–Kier alpha value is -3.00. The van der Waals surface area contributed by atoms with E-state index in [0.717, 1.165) is 0 Å². The van der Waals surface area contributed by atoms with Gasteiger partial charge in [0, 0.05) is 7.05 Å². The van der Waals surface area contributed by atoms with Crippen LogP contribution >= 0.6 is 7.60 Å². The number of carbonyl (C=O) groups excluding carboxylic acids is 2. The van der Waals surface area contributed by atoms with Gasteiger partial charge in [-0.25, -0.2) is 24.5 Å². The van der Waals surface area contributed by atoms with Gasteiger partial charge < -0.3 is 33.6 Å². The summed E-state index contributed by atoms with van der Waals surface area (Å²) in [5, 5.41) is 2.94. The highest BCUT2D eigenvalue weighted by Crippen LogP contribution is 2.48. The Morgan fingerprint density at radius 3 is 2.08 bits per heavy atom. The minimum Gasteiger partial charge on any atom is -0.432 e. The maximum atomic E-state index is 13.1. The molecule has 1 atom stereocenters. The smallest absolute Gasteiger partial charge is 0.432 e. The molecule has 0 aromatic carbocycles. The lowest BCUT2D eigenvalue weighted by atomic mass is 10.4. The molecule has 0 spiro atoms. The maximum Gasteiger partial charge on any atom is 0.510 e. The normalized spacial score (nSPS) is 12.6. The van der Waals surface area contributed by atoms with Crippen LogP contribution in [-0.4, -0.2) is 77.1 Å². The number of aromatic nitrogens is 4. The van der Waals surface area contributed by atoms with E-state index in [2.05, 4.69) is 20.3 Å². The Morgan fingerprint density at radius 2 is 1.56 bits per heavy atom. The summed E-state index contributed by atoms with van der Waals surface area (Å²) < 4.78 is 49.9. The second-order valence-corrected chi connectivity index (χ2v) is 9.87. The van der Waals surface area contributed by atoms with Gasteiger partial charge in [0.1, 0.15) is 18.2 Å². The van der Waals surface area contributed by atoms with E-state index in [-0.39, 0.29) is 0 Å². The molecule has 2 rings (SSSR count). The van der Waals surface area contributed by atoms with Gasteiger partial charge in [-0.15, -0.1) is 0 Å². The molecule has 0 aliphatic carbocycles. The van der Waals surface area contributed by atoms with E-state index in [4.69, 9.17) is 32.7 Å². The highest BCUT2D eigenvalue weighted by Gasteiger charge is 2.29. The van der Waals surface area contributed by atoms with Crippen molar-refractivity contribution in [2.24, 2.45) is 0 Å². The summed E-state index contributed by atoms with van der Waals surface area (Å²) in [6.07, 6.45) is -0.928. The monoisotopic (exact) mass is 533 g/mol. The number of rotatable bonds is 14. The molecule has 0 amide bonds. The van der Waals surface area contributed by atoms with Crippen LogP contribution in [-0.2, 0) is 43.8 Å². The van der Waals surface area contributed by atoms with E-state index in [9.17, 15) is 14.2 Å². The van der Waals surface area contributed by atoms with Crippen molar-refractivity contribution in [1.82, 2.24) is 19.5 Å². The Balaban J connectivity index is 1.97. The van der Waals surface area contributed by atoms with Crippen molar-refractivity contribution < 1.29 is 46.9 Å². The van der Waals surface area contributed by atoms with Gasteiger partial charge in [-0.1, -0.05) is 0 Å². The first-order valence-corrected chi connectivity index (χ1v) is 12.8. The Kier molecular flexibility index (Phi) is 11.3. The van der Waals surface area contributed by atoms with E-state index in [1.165, 1.54) is 6.33 Å². The largest absolute Gasteiger partial charge is 0.510 e. The lowest BCUT2D eigenvalue weighted by Crippen LogP contribution is -2.20. The third kappa shape index (κ3) is 9.57. The molecule has 0 saturated carbocycles. The highest BCUT2D eigenvalue weighted by atomic mass is 31.2. The molecule has 0 fully saturated rings. The molecule has 16 heteroatoms. The number of ether oxygens (including phenoxy) is 5. The number of carbonyl (C=O) groups is 2. The van der Waals surface area contributed by atoms with Crippen LogP contribution in [0.2, 0.25) is 0 Å². The van der Waals surface area contributed by atoms with Crippen LogP contribution in [0.25, 0.3) is 11.2 Å². The summed E-state index contributed by atoms with van der Waals surface area (Å²) >= 11 is 0. The van der Waals surface area contributed by atoms with Crippen molar-refractivity contribution in [3.8, 4) is 0 Å². The third-order valence-corrected chi connectivity index (χ3v) is 5.59. The van der Waals surface area contributed by atoms with E-state index in [1.807, 2.05) is 0 Å². The lowest BCUT2D eigenvalue weighted by Gasteiger charge is -2.21. The van der Waals surface area contributed by atoms with Gasteiger partial charge in [0.2, 0.25) is 13.6 Å². The van der Waals surface area contributed by atoms with Crippen molar-refractivity contribution >= 4 is 36.9 Å². The van der Waals surface area contributed by atoms with Gasteiger partial charge in [-0.05, 0) is 34.6 Å². The fourth-order valence-corrected chi connectivity index (χ4v) is 3.71. The first kappa shape index (κ1) is 29.2. The van der Waals surface area contributed by atoms with Gasteiger partial charge in [0.05, 0.1) is 31.2 Å². The topological polar surface area (TPSA) is 171 Å². The molecule has 15 nitrogen and oxygen atoms in total. The average molecular weight is 533 g/mol. The summed E-state index contributed by atoms with van der Waals surface area (Å²) in [5.41, 5.74) is 1.16. The SMILES string of the molecule is CNc1ncnc2c1ncn2C[C@@H](C)OCP(=O)(OCOC(=O)OC(C)C)OCOC(=O)OC(C)C. The second-order valence-electron chi connectivity index (χ2n) is 7.87. The molecular formula is C20H32N5O10P. The average Bonchev–Trinajstić information content (AvgIpc) is 3.19. The van der Waals surface area contributed by atoms with Crippen LogP contribution in [0, 0.1) is 0 Å². The van der Waals surface area contributed by atoms with Gasteiger partial charge in [0.15, 0.2) is 11.5 Å². The summed E-state index contributed by atoms with van der Waals surface area (Å²) in [6, 6.07) is 0. The quantitative estimate of drug-likeness (QED) is 0.212. The summed E-state index contributed by atoms with van der Waals surface area (Å²) in [5.74, 6) is 0.575. The predicted octanol–water partition coefficient (Wildman–Crippen LogP) is 3.50. The van der Waals surface area contributed by atoms with E-state index in [0.29, 0.717) is 23.5 Å². The van der Waals surface area contributed by atoms with E-state index < -0.39 is 58.2 Å². The molecule has 36 heavy (non-hydrogen) atoms. The summed E-state index contributed by atoms with van der Waals surface area (Å²) in [6.45, 7) is 7.07. The first-order valence-electron chi connectivity index (χ1n) is 11.0. The second kappa shape index (κ2) is 13.9. The third-order valence-electron chi connectivity index (χ3n) is 4.13. The van der Waals surface area contributed by atoms with Crippen LogP contribution in [0.4, 0.5) is 15.4 Å². The number of hydrogen-bond acceptors (Lipinski definition) is 14.